The fourth-order valence-corrected chi connectivity index (χ4v) is 1.28. The molecule has 0 N–H and O–H groups in total. The van der Waals surface area contributed by atoms with Crippen molar-refractivity contribution in [2.24, 2.45) is 0 Å². The summed E-state index contributed by atoms with van der Waals surface area (Å²) in [7, 11) is 0. The molecule has 0 saturated heterocycles. The van der Waals surface area contributed by atoms with Gasteiger partial charge in [0.25, 0.3) is 0 Å². The SMILES string of the molecule is Fc1cc(C#CCCS)ccc1CCl. The molecule has 1 aromatic rings. The van der Waals surface area contributed by atoms with Crippen molar-refractivity contribution in [3.8, 4) is 11.8 Å². The van der Waals surface area contributed by atoms with Crippen LogP contribution >= 0.6 is 24.2 Å². The second-order valence-corrected chi connectivity index (χ2v) is 3.43. The molecule has 1 aromatic carbocycles. The zero-order valence-electron chi connectivity index (χ0n) is 7.56. The van der Waals surface area contributed by atoms with E-state index in [1.54, 1.807) is 12.1 Å². The third kappa shape index (κ3) is 3.25. The second-order valence-electron chi connectivity index (χ2n) is 2.72. The minimum Gasteiger partial charge on any atom is -0.207 e. The molecule has 0 fully saturated rings. The Balaban J connectivity index is 2.82. The molecule has 1 rings (SSSR count). The molecular weight excluding hydrogens is 219 g/mol. The van der Waals surface area contributed by atoms with Gasteiger partial charge in [0.1, 0.15) is 5.82 Å². The molecule has 74 valence electrons. The summed E-state index contributed by atoms with van der Waals surface area (Å²) < 4.78 is 13.2. The van der Waals surface area contributed by atoms with Gasteiger partial charge in [0.15, 0.2) is 0 Å². The lowest BCUT2D eigenvalue weighted by atomic mass is 10.1. The van der Waals surface area contributed by atoms with Gasteiger partial charge in [0.05, 0.1) is 5.88 Å². The number of hydrogen-bond acceptors (Lipinski definition) is 1. The molecule has 0 nitrogen and oxygen atoms in total. The molecule has 3 heteroatoms. The van der Waals surface area contributed by atoms with E-state index < -0.39 is 0 Å². The van der Waals surface area contributed by atoms with Gasteiger partial charge in [-0.15, -0.1) is 11.6 Å². The summed E-state index contributed by atoms with van der Waals surface area (Å²) in [5, 5.41) is 0. The van der Waals surface area contributed by atoms with Gasteiger partial charge in [0, 0.05) is 23.3 Å². The summed E-state index contributed by atoms with van der Waals surface area (Å²) in [6, 6.07) is 4.84. The summed E-state index contributed by atoms with van der Waals surface area (Å²) in [6.07, 6.45) is 0.710. The van der Waals surface area contributed by atoms with Crippen LogP contribution in [0.1, 0.15) is 17.5 Å². The Bertz CT molecular complexity index is 365. The number of halogens is 2. The fourth-order valence-electron chi connectivity index (χ4n) is 0.954. The molecule has 0 unspecified atom stereocenters. The highest BCUT2D eigenvalue weighted by Gasteiger charge is 2.00. The standard InChI is InChI=1S/C11H10ClFS/c12-8-10-5-4-9(7-11(10)13)3-1-2-6-14/h4-5,7,14H,2,6,8H2. The molecule has 0 radical (unpaired) electrons. The minimum absolute atomic E-state index is 0.191. The van der Waals surface area contributed by atoms with Crippen molar-refractivity contribution in [1.29, 1.82) is 0 Å². The van der Waals surface area contributed by atoms with E-state index in [2.05, 4.69) is 24.5 Å². The van der Waals surface area contributed by atoms with E-state index in [9.17, 15) is 4.39 Å². The topological polar surface area (TPSA) is 0 Å². The van der Waals surface area contributed by atoms with Crippen molar-refractivity contribution in [3.05, 3.63) is 35.1 Å². The van der Waals surface area contributed by atoms with Crippen LogP contribution in [0.5, 0.6) is 0 Å². The zero-order chi connectivity index (χ0) is 10.4. The molecule has 0 aliphatic heterocycles. The van der Waals surface area contributed by atoms with Crippen molar-refractivity contribution >= 4 is 24.2 Å². The predicted octanol–water partition coefficient (Wildman–Crippen LogP) is 3.24. The Hall–Kier alpha value is -0.650. The Labute approximate surface area is 93.9 Å². The monoisotopic (exact) mass is 228 g/mol. The summed E-state index contributed by atoms with van der Waals surface area (Å²) >= 11 is 9.55. The molecular formula is C11H10ClFS. The molecule has 0 saturated carbocycles. The lowest BCUT2D eigenvalue weighted by Crippen LogP contribution is -1.87. The second kappa shape index (κ2) is 5.95. The number of rotatable bonds is 2. The molecule has 0 spiro atoms. The summed E-state index contributed by atoms with van der Waals surface area (Å²) in [4.78, 5) is 0. The first-order chi connectivity index (χ1) is 6.77. The number of thiol groups is 1. The first-order valence-corrected chi connectivity index (χ1v) is 5.38. The highest BCUT2D eigenvalue weighted by atomic mass is 35.5. The average molecular weight is 229 g/mol. The van der Waals surface area contributed by atoms with Gasteiger partial charge in [0.2, 0.25) is 0 Å². The Kier molecular flexibility index (Phi) is 4.86. The molecule has 0 atom stereocenters. The van der Waals surface area contributed by atoms with E-state index in [0.717, 1.165) is 5.75 Å². The number of benzene rings is 1. The van der Waals surface area contributed by atoms with E-state index in [-0.39, 0.29) is 11.7 Å². The molecule has 0 aromatic heterocycles. The number of alkyl halides is 1. The third-order valence-corrected chi connectivity index (χ3v) is 2.18. The van der Waals surface area contributed by atoms with E-state index in [1.165, 1.54) is 6.07 Å². The van der Waals surface area contributed by atoms with E-state index >= 15 is 0 Å². The predicted molar refractivity (Wildman–Crippen MR) is 61.3 cm³/mol. The van der Waals surface area contributed by atoms with Crippen LogP contribution in [0.2, 0.25) is 0 Å². The van der Waals surface area contributed by atoms with E-state index in [1.807, 2.05) is 0 Å². The first kappa shape index (κ1) is 11.4. The van der Waals surface area contributed by atoms with Gasteiger partial charge < -0.3 is 0 Å². The van der Waals surface area contributed by atoms with Crippen LogP contribution in [-0.4, -0.2) is 5.75 Å². The third-order valence-electron chi connectivity index (χ3n) is 1.67. The van der Waals surface area contributed by atoms with Crippen molar-refractivity contribution in [1.82, 2.24) is 0 Å². The van der Waals surface area contributed by atoms with Crippen LogP contribution in [0.25, 0.3) is 0 Å². The first-order valence-electron chi connectivity index (χ1n) is 4.22. The van der Waals surface area contributed by atoms with Crippen LogP contribution in [-0.2, 0) is 5.88 Å². The highest BCUT2D eigenvalue weighted by Crippen LogP contribution is 2.11. The van der Waals surface area contributed by atoms with Crippen molar-refractivity contribution in [2.45, 2.75) is 12.3 Å². The van der Waals surface area contributed by atoms with Gasteiger partial charge in [-0.3, -0.25) is 0 Å². The molecule has 0 amide bonds. The van der Waals surface area contributed by atoms with Gasteiger partial charge in [-0.2, -0.15) is 12.6 Å². The Morgan fingerprint density at radius 1 is 1.43 bits per heavy atom. The molecule has 0 heterocycles. The van der Waals surface area contributed by atoms with Gasteiger partial charge in [-0.25, -0.2) is 4.39 Å². The van der Waals surface area contributed by atoms with Crippen LogP contribution in [0, 0.1) is 17.7 Å². The van der Waals surface area contributed by atoms with Gasteiger partial charge in [-0.1, -0.05) is 17.9 Å². The smallest absolute Gasteiger partial charge is 0.128 e. The summed E-state index contributed by atoms with van der Waals surface area (Å²) in [5.41, 5.74) is 1.18. The van der Waals surface area contributed by atoms with Crippen LogP contribution in [0.4, 0.5) is 4.39 Å². The van der Waals surface area contributed by atoms with Crippen LogP contribution in [0.3, 0.4) is 0 Å². The van der Waals surface area contributed by atoms with Crippen molar-refractivity contribution in [3.63, 3.8) is 0 Å². The maximum atomic E-state index is 13.2. The highest BCUT2D eigenvalue weighted by molar-refractivity contribution is 7.80. The molecule has 0 bridgehead atoms. The van der Waals surface area contributed by atoms with Crippen LogP contribution in [0.15, 0.2) is 18.2 Å². The van der Waals surface area contributed by atoms with Crippen LogP contribution < -0.4 is 0 Å². The van der Waals surface area contributed by atoms with E-state index in [4.69, 9.17) is 11.6 Å². The quantitative estimate of drug-likeness (QED) is 0.449. The zero-order valence-corrected chi connectivity index (χ0v) is 9.21. The average Bonchev–Trinajstić information content (AvgIpc) is 2.18. The summed E-state index contributed by atoms with van der Waals surface area (Å²) in [5.74, 6) is 6.36. The Morgan fingerprint density at radius 3 is 2.79 bits per heavy atom. The fraction of sp³-hybridized carbons (Fsp3) is 0.273. The molecule has 0 aliphatic rings. The maximum Gasteiger partial charge on any atom is 0.128 e. The lowest BCUT2D eigenvalue weighted by molar-refractivity contribution is 0.616. The molecule has 0 aliphatic carbocycles. The number of hydrogen-bond donors (Lipinski definition) is 1. The van der Waals surface area contributed by atoms with E-state index in [0.29, 0.717) is 17.5 Å². The normalized spacial score (nSPS) is 9.36. The van der Waals surface area contributed by atoms with Gasteiger partial charge in [-0.05, 0) is 12.1 Å². The summed E-state index contributed by atoms with van der Waals surface area (Å²) in [6.45, 7) is 0. The maximum absolute atomic E-state index is 13.2. The van der Waals surface area contributed by atoms with Crippen molar-refractivity contribution in [2.75, 3.05) is 5.75 Å². The van der Waals surface area contributed by atoms with Gasteiger partial charge >= 0.3 is 0 Å². The molecule has 14 heavy (non-hydrogen) atoms. The minimum atomic E-state index is -0.294. The largest absolute Gasteiger partial charge is 0.207 e. The lowest BCUT2D eigenvalue weighted by Gasteiger charge is -1.97. The Morgan fingerprint density at radius 2 is 2.21 bits per heavy atom. The van der Waals surface area contributed by atoms with Crippen molar-refractivity contribution < 1.29 is 4.39 Å².